The van der Waals surface area contributed by atoms with Crippen LogP contribution < -0.4 is 25.6 Å². The van der Waals surface area contributed by atoms with Crippen LogP contribution in [-0.4, -0.2) is 56.5 Å². The van der Waals surface area contributed by atoms with E-state index >= 15 is 0 Å². The smallest absolute Gasteiger partial charge is 0.395 e. The minimum atomic E-state index is -3.86. The highest BCUT2D eigenvalue weighted by Gasteiger charge is 2.60. The molecule has 2 aromatic rings. The molecule has 178 valence electrons. The Bertz CT molecular complexity index is 1110. The number of aliphatic hydroxyl groups excluding tert-OH is 1. The maximum Gasteiger partial charge on any atom is 0.395 e. The third-order valence-corrected chi connectivity index (χ3v) is 5.43. The van der Waals surface area contributed by atoms with Crippen molar-refractivity contribution in [2.75, 3.05) is 12.3 Å². The second-order valence-electron chi connectivity index (χ2n) is 6.91. The first-order valence-electron chi connectivity index (χ1n) is 9.37. The Hall–Kier alpha value is -3.19. The number of para-hydroxylation sites is 2. The zero-order valence-corrected chi connectivity index (χ0v) is 17.8. The fourth-order valence-electron chi connectivity index (χ4n) is 2.83. The normalized spacial score (nSPS) is 23.2. The van der Waals surface area contributed by atoms with Crippen LogP contribution in [0.3, 0.4) is 0 Å². The molecule has 1 saturated heterocycles. The largest absolute Gasteiger partial charge is 0.575 e. The van der Waals surface area contributed by atoms with E-state index in [-0.39, 0.29) is 17.3 Å². The molecule has 0 radical (unpaired) electrons. The number of nitrogens with two attached hydrogens (primary N) is 1. The number of hydrogen-bond donors (Lipinski definition) is 3. The number of aliphatic carboxylic acids is 1. The molecule has 1 aliphatic rings. The fraction of sp³-hybridized carbons (Fsp3) is 0.389. The molecule has 3 rings (SSSR count). The number of nitrogens with zero attached hydrogens (tertiary/aromatic N) is 3. The summed E-state index contributed by atoms with van der Waals surface area (Å²) in [5.41, 5.74) is 4.27. The third kappa shape index (κ3) is 5.42. The van der Waals surface area contributed by atoms with E-state index in [2.05, 4.69) is 9.73 Å². The average molecular weight is 488 g/mol. The van der Waals surface area contributed by atoms with Crippen molar-refractivity contribution < 1.29 is 42.7 Å². The number of aliphatic hydroxyl groups is 1. The van der Waals surface area contributed by atoms with Crippen molar-refractivity contribution in [3.63, 3.8) is 0 Å². The van der Waals surface area contributed by atoms with Gasteiger partial charge in [-0.3, -0.25) is 9.09 Å². The van der Waals surface area contributed by atoms with E-state index in [1.54, 1.807) is 0 Å². The molecular formula is C18H19F2N4O8P. The summed E-state index contributed by atoms with van der Waals surface area (Å²) in [7, 11) is -2.78. The molecule has 1 aromatic carbocycles. The van der Waals surface area contributed by atoms with Gasteiger partial charge in [-0.25, -0.2) is 9.59 Å². The second-order valence-corrected chi connectivity index (χ2v) is 7.79. The Labute approximate surface area is 185 Å². The summed E-state index contributed by atoms with van der Waals surface area (Å²) in [6.45, 7) is 0.614. The van der Waals surface area contributed by atoms with Gasteiger partial charge in [-0.05, 0) is 25.1 Å². The van der Waals surface area contributed by atoms with E-state index in [1.807, 2.05) is 0 Å². The number of alkyl halides is 2. The van der Waals surface area contributed by atoms with Crippen molar-refractivity contribution in [1.29, 1.82) is 0 Å². The lowest BCUT2D eigenvalue weighted by atomic mass is 10.1. The van der Waals surface area contributed by atoms with Crippen LogP contribution in [0.15, 0.2) is 46.1 Å². The van der Waals surface area contributed by atoms with Crippen molar-refractivity contribution in [2.45, 2.75) is 37.3 Å². The summed E-state index contributed by atoms with van der Waals surface area (Å²) in [5, 5.41) is 18.9. The van der Waals surface area contributed by atoms with Gasteiger partial charge in [0, 0.05) is 6.20 Å². The van der Waals surface area contributed by atoms with E-state index in [4.69, 9.17) is 24.8 Å². The van der Waals surface area contributed by atoms with Crippen LogP contribution >= 0.6 is 8.17 Å². The van der Waals surface area contributed by atoms with Crippen molar-refractivity contribution in [3.8, 4) is 11.5 Å². The number of anilines is 1. The standard InChI is InChI=1S/C18H19F2N4O8P/c1-9(15(26)27)23-33(29)32-11-5-3-2-4-10(11)30-8-12-14(25)18(19,20)16(31-12)24-7-6-13(21)22-17(24)28/h2-7,9,12,14,16,25H,8H2,1H3,(H,26,27)(H2,21,22,28)/t9-,12+,14-,16+/m0/s1. The summed E-state index contributed by atoms with van der Waals surface area (Å²) >= 11 is 0. The van der Waals surface area contributed by atoms with Crippen molar-refractivity contribution >= 4 is 20.0 Å². The zero-order chi connectivity index (χ0) is 24.3. The summed E-state index contributed by atoms with van der Waals surface area (Å²) in [4.78, 5) is 38.1. The maximum absolute atomic E-state index is 14.6. The number of carboxylic acids is 1. The van der Waals surface area contributed by atoms with E-state index in [0.717, 1.165) is 12.3 Å². The molecule has 5 atom stereocenters. The molecule has 1 aliphatic heterocycles. The molecule has 0 aliphatic carbocycles. The molecule has 0 saturated carbocycles. The van der Waals surface area contributed by atoms with Crippen molar-refractivity contribution in [3.05, 3.63) is 47.0 Å². The molecule has 0 bridgehead atoms. The van der Waals surface area contributed by atoms with E-state index in [1.165, 1.54) is 31.2 Å². The number of benzene rings is 1. The van der Waals surface area contributed by atoms with Crippen LogP contribution in [0.2, 0.25) is 0 Å². The molecule has 33 heavy (non-hydrogen) atoms. The van der Waals surface area contributed by atoms with Gasteiger partial charge in [-0.2, -0.15) is 13.8 Å². The molecule has 4 N–H and O–H groups in total. The summed E-state index contributed by atoms with van der Waals surface area (Å²) in [5.74, 6) is -5.48. The van der Waals surface area contributed by atoms with Crippen LogP contribution in [0.4, 0.5) is 14.6 Å². The zero-order valence-electron chi connectivity index (χ0n) is 16.9. The van der Waals surface area contributed by atoms with Crippen LogP contribution in [0.25, 0.3) is 0 Å². The van der Waals surface area contributed by atoms with Gasteiger partial charge < -0.3 is 30.3 Å². The number of hydrogen-bond acceptors (Lipinski definition) is 10. The Kier molecular flexibility index (Phi) is 7.22. The van der Waals surface area contributed by atoms with Gasteiger partial charge in [0.25, 0.3) is 0 Å². The highest BCUT2D eigenvalue weighted by Crippen LogP contribution is 2.42. The molecule has 0 amide bonds. The summed E-state index contributed by atoms with van der Waals surface area (Å²) in [6, 6.07) is 5.56. The van der Waals surface area contributed by atoms with Gasteiger partial charge in [-0.1, -0.05) is 16.9 Å². The van der Waals surface area contributed by atoms with Crippen molar-refractivity contribution in [2.24, 2.45) is 4.74 Å². The van der Waals surface area contributed by atoms with Crippen LogP contribution in [0.1, 0.15) is 13.2 Å². The Morgan fingerprint density at radius 3 is 2.73 bits per heavy atom. The predicted octanol–water partition coefficient (Wildman–Crippen LogP) is 0.506. The predicted molar refractivity (Wildman–Crippen MR) is 107 cm³/mol. The Balaban J connectivity index is 1.74. The molecule has 2 heterocycles. The quantitative estimate of drug-likeness (QED) is 0.443. The molecule has 1 aromatic heterocycles. The molecular weight excluding hydrogens is 469 g/mol. The summed E-state index contributed by atoms with van der Waals surface area (Å²) in [6.07, 6.45) is -5.07. The van der Waals surface area contributed by atoms with Gasteiger partial charge in [-0.15, -0.1) is 0 Å². The maximum atomic E-state index is 14.6. The van der Waals surface area contributed by atoms with E-state index < -0.39 is 56.8 Å². The first kappa shape index (κ1) is 24.5. The second kappa shape index (κ2) is 9.75. The molecule has 1 fully saturated rings. The Morgan fingerprint density at radius 1 is 1.42 bits per heavy atom. The number of nitrogen functional groups attached to an aromatic ring is 1. The first-order chi connectivity index (χ1) is 15.5. The number of carboxylic acid groups (broad SMARTS) is 1. The molecule has 12 nitrogen and oxygen atoms in total. The van der Waals surface area contributed by atoms with Gasteiger partial charge in [0.15, 0.2) is 17.9 Å². The SMILES string of the molecule is C[C@H](/N=[P+](\[O-])Oc1ccccc1OC[C@H]1O[C@@H](n2ccc(N)nc2=O)C(F)(F)[C@H]1O)C(=O)O. The van der Waals surface area contributed by atoms with Crippen LogP contribution in [0, 0.1) is 0 Å². The minimum Gasteiger partial charge on any atom is -0.575 e. The minimum absolute atomic E-state index is 0.0482. The van der Waals surface area contributed by atoms with Crippen molar-refractivity contribution in [1.82, 2.24) is 9.55 Å². The first-order valence-corrected chi connectivity index (χ1v) is 10.5. The highest BCUT2D eigenvalue weighted by molar-refractivity contribution is 7.34. The molecule has 0 spiro atoms. The number of ether oxygens (including phenoxy) is 2. The lowest BCUT2D eigenvalue weighted by Gasteiger charge is -2.20. The lowest BCUT2D eigenvalue weighted by molar-refractivity contribution is -0.169. The van der Waals surface area contributed by atoms with Crippen LogP contribution in [0.5, 0.6) is 11.5 Å². The average Bonchev–Trinajstić information content (AvgIpc) is 2.96. The monoisotopic (exact) mass is 488 g/mol. The van der Waals surface area contributed by atoms with Gasteiger partial charge in [0.05, 0.1) is 0 Å². The van der Waals surface area contributed by atoms with Gasteiger partial charge in [0.2, 0.25) is 12.0 Å². The molecule has 15 heteroatoms. The Morgan fingerprint density at radius 2 is 2.09 bits per heavy atom. The topological polar surface area (TPSA) is 182 Å². The van der Waals surface area contributed by atoms with E-state index in [9.17, 15) is 28.4 Å². The van der Waals surface area contributed by atoms with E-state index in [0.29, 0.717) is 4.57 Å². The number of carbonyl (C=O) groups is 1. The lowest BCUT2D eigenvalue weighted by Crippen LogP contribution is -2.42. The number of halogens is 2. The highest BCUT2D eigenvalue weighted by atomic mass is 31.1. The van der Waals surface area contributed by atoms with Gasteiger partial charge >= 0.3 is 25.7 Å². The van der Waals surface area contributed by atoms with Gasteiger partial charge in [0.1, 0.15) is 18.5 Å². The summed E-state index contributed by atoms with van der Waals surface area (Å²) < 4.78 is 48.9. The molecule has 1 unspecified atom stereocenters. The number of aromatic nitrogens is 2. The third-order valence-electron chi connectivity index (χ3n) is 4.54. The number of rotatable bonds is 8. The fourth-order valence-corrected chi connectivity index (χ4v) is 3.57. The van der Waals surface area contributed by atoms with Crippen LogP contribution in [-0.2, 0) is 9.53 Å².